The number of pyridine rings is 1. The molecule has 6 heteroatoms. The Kier molecular flexibility index (Phi) is 5.82. The largest absolute Gasteiger partial charge is 0.462 e. The van der Waals surface area contributed by atoms with Crippen LogP contribution in [0, 0.1) is 0 Å². The maximum atomic E-state index is 12.2. The molecule has 0 saturated heterocycles. The number of aliphatic hydroxyl groups is 1. The van der Waals surface area contributed by atoms with Gasteiger partial charge in [0.05, 0.1) is 24.8 Å². The van der Waals surface area contributed by atoms with Gasteiger partial charge in [-0.25, -0.2) is 4.79 Å². The Bertz CT molecular complexity index is 656. The van der Waals surface area contributed by atoms with Gasteiger partial charge in [0.2, 0.25) is 0 Å². The first-order valence-corrected chi connectivity index (χ1v) is 7.25. The molecule has 2 rings (SSSR count). The van der Waals surface area contributed by atoms with E-state index >= 15 is 0 Å². The van der Waals surface area contributed by atoms with E-state index in [4.69, 9.17) is 4.74 Å². The number of ether oxygens (including phenoxy) is 1. The first kappa shape index (κ1) is 16.6. The molecule has 1 atom stereocenters. The molecule has 0 unspecified atom stereocenters. The van der Waals surface area contributed by atoms with Crippen LogP contribution in [0.3, 0.4) is 0 Å². The molecule has 0 spiro atoms. The predicted molar refractivity (Wildman–Crippen MR) is 83.9 cm³/mol. The van der Waals surface area contributed by atoms with Crippen LogP contribution in [0.15, 0.2) is 48.7 Å². The van der Waals surface area contributed by atoms with Crippen molar-refractivity contribution >= 4 is 11.9 Å². The molecule has 0 bridgehead atoms. The van der Waals surface area contributed by atoms with Gasteiger partial charge < -0.3 is 15.2 Å². The number of carbonyl (C=O) groups is 2. The van der Waals surface area contributed by atoms with Gasteiger partial charge in [-0.3, -0.25) is 9.78 Å². The lowest BCUT2D eigenvalue weighted by Crippen LogP contribution is -2.31. The fraction of sp³-hybridized carbons (Fsp3) is 0.235. The molecule has 1 amide bonds. The van der Waals surface area contributed by atoms with E-state index in [9.17, 15) is 14.7 Å². The van der Waals surface area contributed by atoms with E-state index < -0.39 is 17.9 Å². The lowest BCUT2D eigenvalue weighted by Gasteiger charge is -2.16. The summed E-state index contributed by atoms with van der Waals surface area (Å²) >= 11 is 0. The van der Waals surface area contributed by atoms with Crippen molar-refractivity contribution in [2.45, 2.75) is 13.0 Å². The highest BCUT2D eigenvalue weighted by Crippen LogP contribution is 2.12. The Morgan fingerprint density at radius 3 is 2.52 bits per heavy atom. The summed E-state index contributed by atoms with van der Waals surface area (Å²) in [5.74, 6) is -0.909. The zero-order valence-electron chi connectivity index (χ0n) is 12.7. The number of aromatic nitrogens is 1. The maximum absolute atomic E-state index is 12.2. The minimum absolute atomic E-state index is 0.160. The van der Waals surface area contributed by atoms with Crippen LogP contribution in [0.1, 0.15) is 39.4 Å². The van der Waals surface area contributed by atoms with Crippen LogP contribution in [0.2, 0.25) is 0 Å². The van der Waals surface area contributed by atoms with E-state index in [1.807, 2.05) is 30.3 Å². The fourth-order valence-electron chi connectivity index (χ4n) is 2.02. The Labute approximate surface area is 134 Å². The smallest absolute Gasteiger partial charge is 0.339 e. The minimum Gasteiger partial charge on any atom is -0.462 e. The maximum Gasteiger partial charge on any atom is 0.339 e. The zero-order valence-corrected chi connectivity index (χ0v) is 12.7. The molecule has 1 aromatic heterocycles. The molecule has 1 aromatic carbocycles. The summed E-state index contributed by atoms with van der Waals surface area (Å²) < 4.78 is 4.86. The highest BCUT2D eigenvalue weighted by atomic mass is 16.5. The Morgan fingerprint density at radius 1 is 1.22 bits per heavy atom. The lowest BCUT2D eigenvalue weighted by molar-refractivity contribution is 0.0525. The molecule has 0 saturated carbocycles. The third kappa shape index (κ3) is 4.37. The summed E-state index contributed by atoms with van der Waals surface area (Å²) in [6.45, 7) is 1.76. The van der Waals surface area contributed by atoms with Gasteiger partial charge in [0.25, 0.3) is 5.91 Å². The second-order valence-electron chi connectivity index (χ2n) is 4.77. The lowest BCUT2D eigenvalue weighted by atomic mass is 10.1. The van der Waals surface area contributed by atoms with Crippen molar-refractivity contribution in [3.8, 4) is 0 Å². The first-order chi connectivity index (χ1) is 11.2. The SMILES string of the molecule is CCOC(=O)c1ccc(C(=O)N[C@@H](CO)c2ccccc2)nc1. The number of rotatable bonds is 6. The number of nitrogens with one attached hydrogen (secondary N) is 1. The molecular formula is C17H18N2O4. The van der Waals surface area contributed by atoms with Crippen molar-refractivity contribution in [1.82, 2.24) is 10.3 Å². The van der Waals surface area contributed by atoms with Gasteiger partial charge >= 0.3 is 5.97 Å². The summed E-state index contributed by atoms with van der Waals surface area (Å²) in [7, 11) is 0. The monoisotopic (exact) mass is 314 g/mol. The number of esters is 1. The van der Waals surface area contributed by atoms with Crippen molar-refractivity contribution in [2.75, 3.05) is 13.2 Å². The molecule has 0 aliphatic heterocycles. The number of hydrogen-bond donors (Lipinski definition) is 2. The van der Waals surface area contributed by atoms with Crippen LogP contribution in [-0.4, -0.2) is 35.2 Å². The van der Waals surface area contributed by atoms with Crippen molar-refractivity contribution in [3.63, 3.8) is 0 Å². The predicted octanol–water partition coefficient (Wildman–Crippen LogP) is 1.72. The molecule has 0 fully saturated rings. The Morgan fingerprint density at radius 2 is 1.96 bits per heavy atom. The fourth-order valence-corrected chi connectivity index (χ4v) is 2.02. The van der Waals surface area contributed by atoms with Gasteiger partial charge in [0, 0.05) is 6.20 Å². The van der Waals surface area contributed by atoms with Gasteiger partial charge in [-0.2, -0.15) is 0 Å². The third-order valence-electron chi connectivity index (χ3n) is 3.20. The van der Waals surface area contributed by atoms with E-state index in [1.54, 1.807) is 6.92 Å². The minimum atomic E-state index is -0.518. The Hall–Kier alpha value is -2.73. The van der Waals surface area contributed by atoms with E-state index in [0.717, 1.165) is 5.56 Å². The summed E-state index contributed by atoms with van der Waals surface area (Å²) in [4.78, 5) is 27.7. The van der Waals surface area contributed by atoms with Crippen molar-refractivity contribution in [3.05, 3.63) is 65.5 Å². The van der Waals surface area contributed by atoms with Crippen molar-refractivity contribution in [1.29, 1.82) is 0 Å². The van der Waals surface area contributed by atoms with E-state index in [1.165, 1.54) is 18.3 Å². The van der Waals surface area contributed by atoms with Crippen molar-refractivity contribution < 1.29 is 19.4 Å². The van der Waals surface area contributed by atoms with Gasteiger partial charge in [-0.05, 0) is 24.6 Å². The average molecular weight is 314 g/mol. The molecular weight excluding hydrogens is 296 g/mol. The molecule has 2 N–H and O–H groups in total. The molecule has 23 heavy (non-hydrogen) atoms. The summed E-state index contributed by atoms with van der Waals surface area (Å²) in [5.41, 5.74) is 1.24. The van der Waals surface area contributed by atoms with E-state index in [0.29, 0.717) is 0 Å². The number of nitrogens with zero attached hydrogens (tertiary/aromatic N) is 1. The van der Waals surface area contributed by atoms with Gasteiger partial charge in [0.15, 0.2) is 0 Å². The molecule has 2 aromatic rings. The number of hydrogen-bond acceptors (Lipinski definition) is 5. The number of benzene rings is 1. The number of amides is 1. The first-order valence-electron chi connectivity index (χ1n) is 7.25. The van der Waals surface area contributed by atoms with Crippen LogP contribution in [-0.2, 0) is 4.74 Å². The normalized spacial score (nSPS) is 11.6. The van der Waals surface area contributed by atoms with Crippen LogP contribution in [0.4, 0.5) is 0 Å². The van der Waals surface area contributed by atoms with Gasteiger partial charge in [-0.1, -0.05) is 30.3 Å². The highest BCUT2D eigenvalue weighted by Gasteiger charge is 2.16. The molecule has 0 aliphatic carbocycles. The van der Waals surface area contributed by atoms with Crippen molar-refractivity contribution in [2.24, 2.45) is 0 Å². The molecule has 6 nitrogen and oxygen atoms in total. The molecule has 1 heterocycles. The highest BCUT2D eigenvalue weighted by molar-refractivity contribution is 5.94. The van der Waals surface area contributed by atoms with E-state index in [2.05, 4.69) is 10.3 Å². The molecule has 0 radical (unpaired) electrons. The van der Waals surface area contributed by atoms with Gasteiger partial charge in [-0.15, -0.1) is 0 Å². The van der Waals surface area contributed by atoms with E-state index in [-0.39, 0.29) is 24.5 Å². The summed E-state index contributed by atoms with van der Waals surface area (Å²) in [6, 6.07) is 11.6. The topological polar surface area (TPSA) is 88.5 Å². The average Bonchev–Trinajstić information content (AvgIpc) is 2.60. The molecule has 0 aliphatic rings. The second-order valence-corrected chi connectivity index (χ2v) is 4.77. The second kappa shape index (κ2) is 8.05. The standard InChI is InChI=1S/C17H18N2O4/c1-2-23-17(22)13-8-9-14(18-10-13)16(21)19-15(11-20)12-6-4-3-5-7-12/h3-10,15,20H,2,11H2,1H3,(H,19,21)/t15-/m0/s1. The number of carbonyl (C=O) groups excluding carboxylic acids is 2. The van der Waals surface area contributed by atoms with Crippen LogP contribution >= 0.6 is 0 Å². The van der Waals surface area contributed by atoms with Crippen LogP contribution < -0.4 is 5.32 Å². The van der Waals surface area contributed by atoms with Crippen LogP contribution in [0.5, 0.6) is 0 Å². The Balaban J connectivity index is 2.06. The quantitative estimate of drug-likeness (QED) is 0.793. The zero-order chi connectivity index (χ0) is 16.7. The summed E-state index contributed by atoms with van der Waals surface area (Å²) in [6.07, 6.45) is 1.30. The summed E-state index contributed by atoms with van der Waals surface area (Å²) in [5, 5.41) is 12.2. The molecule has 120 valence electrons. The van der Waals surface area contributed by atoms with Gasteiger partial charge in [0.1, 0.15) is 5.69 Å². The van der Waals surface area contributed by atoms with Crippen LogP contribution in [0.25, 0.3) is 0 Å². The number of aliphatic hydroxyl groups excluding tert-OH is 1. The third-order valence-corrected chi connectivity index (χ3v) is 3.20.